The normalized spacial score (nSPS) is 9.58. The van der Waals surface area contributed by atoms with Crippen LogP contribution in [0.3, 0.4) is 0 Å². The van der Waals surface area contributed by atoms with Crippen LogP contribution in [0, 0.1) is 20.8 Å². The fraction of sp³-hybridized carbons (Fsp3) is 0.273. The maximum atomic E-state index is 3.65. The Balaban J connectivity index is 3.18. The fourth-order valence-electron chi connectivity index (χ4n) is 1.51. The van der Waals surface area contributed by atoms with E-state index in [-0.39, 0.29) is 0 Å². The summed E-state index contributed by atoms with van der Waals surface area (Å²) in [7, 11) is 0. The summed E-state index contributed by atoms with van der Waals surface area (Å²) in [5.74, 6) is 0. The number of nitrogens with one attached hydrogen (secondary N) is 1. The summed E-state index contributed by atoms with van der Waals surface area (Å²) in [4.78, 5) is 0. The molecule has 0 spiro atoms. The number of rotatable bonds is 2. The number of aryl methyl sites for hydroxylation is 3. The van der Waals surface area contributed by atoms with Crippen LogP contribution in [0.1, 0.15) is 16.7 Å². The SMILES string of the molecule is C=CNc1c(C)cc(C)cc1C. The lowest BCUT2D eigenvalue weighted by atomic mass is 10.1. The molecule has 0 aliphatic carbocycles. The largest absolute Gasteiger partial charge is 0.362 e. The van der Waals surface area contributed by atoms with Crippen molar-refractivity contribution in [3.8, 4) is 0 Å². The molecule has 0 atom stereocenters. The van der Waals surface area contributed by atoms with Gasteiger partial charge in [0.1, 0.15) is 0 Å². The summed E-state index contributed by atoms with van der Waals surface area (Å²) in [5.41, 5.74) is 5.02. The first-order chi connectivity index (χ1) is 5.65. The average Bonchev–Trinajstić information content (AvgIpc) is 1.96. The lowest BCUT2D eigenvalue weighted by Gasteiger charge is -2.10. The molecule has 0 saturated carbocycles. The molecule has 0 aliphatic rings. The standard InChI is InChI=1S/C11H15N/c1-5-12-11-9(3)6-8(2)7-10(11)4/h5-7,12H,1H2,2-4H3. The predicted octanol–water partition coefficient (Wildman–Crippen LogP) is 3.17. The minimum absolute atomic E-state index is 1.18. The molecule has 0 saturated heterocycles. The molecular formula is C11H15N. The topological polar surface area (TPSA) is 12.0 Å². The molecule has 0 heterocycles. The highest BCUT2D eigenvalue weighted by Crippen LogP contribution is 2.21. The third-order valence-electron chi connectivity index (χ3n) is 1.92. The van der Waals surface area contributed by atoms with Crippen molar-refractivity contribution in [2.75, 3.05) is 5.32 Å². The van der Waals surface area contributed by atoms with E-state index in [1.807, 2.05) is 0 Å². The van der Waals surface area contributed by atoms with Crippen LogP contribution >= 0.6 is 0 Å². The summed E-state index contributed by atoms with van der Waals surface area (Å²) in [6.45, 7) is 9.96. The second kappa shape index (κ2) is 3.44. The first-order valence-corrected chi connectivity index (χ1v) is 4.10. The summed E-state index contributed by atoms with van der Waals surface area (Å²) >= 11 is 0. The Morgan fingerprint density at radius 2 is 1.67 bits per heavy atom. The van der Waals surface area contributed by atoms with E-state index in [0.717, 1.165) is 0 Å². The van der Waals surface area contributed by atoms with E-state index >= 15 is 0 Å². The molecule has 0 fully saturated rings. The zero-order valence-electron chi connectivity index (χ0n) is 7.94. The lowest BCUT2D eigenvalue weighted by molar-refractivity contribution is 1.31. The third-order valence-corrected chi connectivity index (χ3v) is 1.92. The molecule has 64 valence electrons. The van der Waals surface area contributed by atoms with Crippen molar-refractivity contribution in [1.82, 2.24) is 0 Å². The van der Waals surface area contributed by atoms with Crippen molar-refractivity contribution < 1.29 is 0 Å². The van der Waals surface area contributed by atoms with Gasteiger partial charge >= 0.3 is 0 Å². The molecule has 1 N–H and O–H groups in total. The van der Waals surface area contributed by atoms with E-state index in [1.165, 1.54) is 22.4 Å². The van der Waals surface area contributed by atoms with Crippen molar-refractivity contribution in [2.45, 2.75) is 20.8 Å². The van der Waals surface area contributed by atoms with Gasteiger partial charge in [-0.2, -0.15) is 0 Å². The van der Waals surface area contributed by atoms with Crippen LogP contribution in [0.5, 0.6) is 0 Å². The van der Waals surface area contributed by atoms with E-state index in [0.29, 0.717) is 0 Å². The monoisotopic (exact) mass is 161 g/mol. The van der Waals surface area contributed by atoms with Crippen LogP contribution in [0.25, 0.3) is 0 Å². The van der Waals surface area contributed by atoms with Gasteiger partial charge < -0.3 is 5.32 Å². The van der Waals surface area contributed by atoms with Crippen molar-refractivity contribution in [1.29, 1.82) is 0 Å². The zero-order chi connectivity index (χ0) is 9.14. The van der Waals surface area contributed by atoms with Crippen molar-refractivity contribution in [3.05, 3.63) is 41.6 Å². The molecule has 0 aliphatic heterocycles. The molecule has 1 rings (SSSR count). The maximum Gasteiger partial charge on any atom is 0.0439 e. The van der Waals surface area contributed by atoms with E-state index in [2.05, 4.69) is 44.8 Å². The summed E-state index contributed by atoms with van der Waals surface area (Å²) < 4.78 is 0. The Kier molecular flexibility index (Phi) is 2.54. The molecule has 1 aromatic carbocycles. The highest BCUT2D eigenvalue weighted by Gasteiger charge is 2.00. The molecule has 12 heavy (non-hydrogen) atoms. The summed E-state index contributed by atoms with van der Waals surface area (Å²) in [5, 5.41) is 3.14. The average molecular weight is 161 g/mol. The number of benzene rings is 1. The molecule has 0 amide bonds. The van der Waals surface area contributed by atoms with Gasteiger partial charge in [0.2, 0.25) is 0 Å². The van der Waals surface area contributed by atoms with Crippen LogP contribution in [-0.2, 0) is 0 Å². The molecule has 1 heteroatoms. The molecule has 0 bridgehead atoms. The van der Waals surface area contributed by atoms with Gasteiger partial charge in [-0.3, -0.25) is 0 Å². The quantitative estimate of drug-likeness (QED) is 0.702. The smallest absolute Gasteiger partial charge is 0.0439 e. The molecular weight excluding hydrogens is 146 g/mol. The van der Waals surface area contributed by atoms with Crippen molar-refractivity contribution in [3.63, 3.8) is 0 Å². The molecule has 0 aromatic heterocycles. The van der Waals surface area contributed by atoms with E-state index in [9.17, 15) is 0 Å². The second-order valence-corrected chi connectivity index (χ2v) is 3.12. The van der Waals surface area contributed by atoms with Crippen molar-refractivity contribution >= 4 is 5.69 Å². The Hall–Kier alpha value is -1.24. The highest BCUT2D eigenvalue weighted by atomic mass is 14.8. The van der Waals surface area contributed by atoms with Gasteiger partial charge in [0.25, 0.3) is 0 Å². The first-order valence-electron chi connectivity index (χ1n) is 4.10. The van der Waals surface area contributed by atoms with Crippen LogP contribution in [0.2, 0.25) is 0 Å². The van der Waals surface area contributed by atoms with Crippen LogP contribution < -0.4 is 5.32 Å². The molecule has 1 aromatic rings. The van der Waals surface area contributed by atoms with Gasteiger partial charge in [-0.1, -0.05) is 24.3 Å². The zero-order valence-corrected chi connectivity index (χ0v) is 7.94. The third kappa shape index (κ3) is 1.67. The molecule has 0 unspecified atom stereocenters. The summed E-state index contributed by atoms with van der Waals surface area (Å²) in [6, 6.07) is 4.33. The van der Waals surface area contributed by atoms with Crippen LogP contribution in [-0.4, -0.2) is 0 Å². The second-order valence-electron chi connectivity index (χ2n) is 3.12. The summed E-state index contributed by atoms with van der Waals surface area (Å²) in [6.07, 6.45) is 1.71. The van der Waals surface area contributed by atoms with Gasteiger partial charge in [0.15, 0.2) is 0 Å². The number of hydrogen-bond donors (Lipinski definition) is 1. The van der Waals surface area contributed by atoms with Gasteiger partial charge in [-0.05, 0) is 38.1 Å². The van der Waals surface area contributed by atoms with E-state index in [1.54, 1.807) is 6.20 Å². The minimum atomic E-state index is 1.18. The van der Waals surface area contributed by atoms with Crippen LogP contribution in [0.4, 0.5) is 5.69 Å². The lowest BCUT2D eigenvalue weighted by Crippen LogP contribution is -1.94. The van der Waals surface area contributed by atoms with Gasteiger partial charge in [-0.25, -0.2) is 0 Å². The van der Waals surface area contributed by atoms with Crippen LogP contribution in [0.15, 0.2) is 24.9 Å². The van der Waals surface area contributed by atoms with E-state index in [4.69, 9.17) is 0 Å². The Morgan fingerprint density at radius 3 is 2.08 bits per heavy atom. The molecule has 1 nitrogen and oxygen atoms in total. The van der Waals surface area contributed by atoms with E-state index < -0.39 is 0 Å². The Morgan fingerprint density at radius 1 is 1.17 bits per heavy atom. The number of anilines is 1. The highest BCUT2D eigenvalue weighted by molar-refractivity contribution is 5.59. The van der Waals surface area contributed by atoms with Gasteiger partial charge in [-0.15, -0.1) is 0 Å². The Bertz CT molecular complexity index is 277. The minimum Gasteiger partial charge on any atom is -0.362 e. The molecule has 0 radical (unpaired) electrons. The fourth-order valence-corrected chi connectivity index (χ4v) is 1.51. The van der Waals surface area contributed by atoms with Gasteiger partial charge in [0, 0.05) is 5.69 Å². The predicted molar refractivity (Wildman–Crippen MR) is 54.5 cm³/mol. The first kappa shape index (κ1) is 8.85. The maximum absolute atomic E-state index is 3.65. The van der Waals surface area contributed by atoms with Crippen molar-refractivity contribution in [2.24, 2.45) is 0 Å². The number of hydrogen-bond acceptors (Lipinski definition) is 1. The van der Waals surface area contributed by atoms with Gasteiger partial charge in [0.05, 0.1) is 0 Å². The Labute approximate surface area is 74.1 Å².